The molecule has 1 atom stereocenters. The van der Waals surface area contributed by atoms with Crippen LogP contribution in [-0.4, -0.2) is 9.78 Å². The van der Waals surface area contributed by atoms with Gasteiger partial charge in [0, 0.05) is 11.0 Å². The maximum absolute atomic E-state index is 13.4. The molecule has 19 heavy (non-hydrogen) atoms. The van der Waals surface area contributed by atoms with E-state index >= 15 is 0 Å². The highest BCUT2D eigenvalue weighted by Gasteiger charge is 2.20. The van der Waals surface area contributed by atoms with Crippen LogP contribution in [0.5, 0.6) is 0 Å². The number of hydrogen-bond acceptors (Lipinski definition) is 2. The zero-order valence-corrected chi connectivity index (χ0v) is 13.6. The maximum atomic E-state index is 13.4. The quantitative estimate of drug-likeness (QED) is 0.857. The summed E-state index contributed by atoms with van der Waals surface area (Å²) in [5.74, 6) is -0.300. The van der Waals surface area contributed by atoms with E-state index in [9.17, 15) is 4.39 Å². The summed E-state index contributed by atoms with van der Waals surface area (Å²) in [6, 6.07) is 4.08. The molecule has 3 nitrogen and oxygen atoms in total. The second kappa shape index (κ2) is 6.15. The van der Waals surface area contributed by atoms with Crippen LogP contribution in [0.4, 0.5) is 4.39 Å². The average Bonchev–Trinajstić information content (AvgIpc) is 2.73. The lowest BCUT2D eigenvalue weighted by Gasteiger charge is -2.16. The molecule has 1 unspecified atom stereocenters. The number of benzene rings is 1. The third-order valence-electron chi connectivity index (χ3n) is 2.86. The zero-order chi connectivity index (χ0) is 14.0. The van der Waals surface area contributed by atoms with Gasteiger partial charge in [-0.15, -0.1) is 0 Å². The number of rotatable bonds is 4. The van der Waals surface area contributed by atoms with Crippen LogP contribution in [-0.2, 0) is 6.54 Å². The molecule has 2 aromatic rings. The minimum absolute atomic E-state index is 0.300. The average molecular weight is 391 g/mol. The zero-order valence-electron chi connectivity index (χ0n) is 10.4. The van der Waals surface area contributed by atoms with Gasteiger partial charge in [-0.1, -0.05) is 22.9 Å². The molecule has 1 heterocycles. The fourth-order valence-corrected chi connectivity index (χ4v) is 3.01. The topological polar surface area (TPSA) is 43.8 Å². The molecular formula is C13H14Br2FN3. The molecule has 1 aromatic heterocycles. The van der Waals surface area contributed by atoms with E-state index in [1.165, 1.54) is 12.1 Å². The van der Waals surface area contributed by atoms with E-state index in [0.717, 1.165) is 27.6 Å². The van der Waals surface area contributed by atoms with Crippen molar-refractivity contribution in [1.29, 1.82) is 0 Å². The summed E-state index contributed by atoms with van der Waals surface area (Å²) in [5, 5.41) is 4.28. The molecule has 102 valence electrons. The van der Waals surface area contributed by atoms with E-state index in [1.54, 1.807) is 12.3 Å². The lowest BCUT2D eigenvalue weighted by molar-refractivity contribution is 0.556. The number of hydrogen-bond donors (Lipinski definition) is 1. The van der Waals surface area contributed by atoms with Crippen molar-refractivity contribution in [3.05, 3.63) is 50.4 Å². The van der Waals surface area contributed by atoms with Gasteiger partial charge in [0.25, 0.3) is 0 Å². The Balaban J connectivity index is 2.46. The summed E-state index contributed by atoms with van der Waals surface area (Å²) in [6.07, 6.45) is 2.68. The summed E-state index contributed by atoms with van der Waals surface area (Å²) < 4.78 is 16.9. The summed E-state index contributed by atoms with van der Waals surface area (Å²) in [4.78, 5) is 0. The molecule has 0 saturated carbocycles. The van der Waals surface area contributed by atoms with E-state index in [0.29, 0.717) is 5.56 Å². The number of aryl methyl sites for hydroxylation is 1. The Labute approximate surface area is 128 Å². The largest absolute Gasteiger partial charge is 0.319 e. The van der Waals surface area contributed by atoms with Crippen molar-refractivity contribution in [2.75, 3.05) is 0 Å². The van der Waals surface area contributed by atoms with Crippen LogP contribution in [0.15, 0.2) is 33.3 Å². The molecule has 0 aliphatic heterocycles. The third-order valence-corrected chi connectivity index (χ3v) is 4.19. The first-order chi connectivity index (χ1) is 9.04. The van der Waals surface area contributed by atoms with Crippen molar-refractivity contribution >= 4 is 31.9 Å². The predicted octanol–water partition coefficient (Wildman–Crippen LogP) is 4.01. The van der Waals surface area contributed by atoms with E-state index in [2.05, 4.69) is 43.9 Å². The normalized spacial score (nSPS) is 12.7. The minimum atomic E-state index is -0.437. The van der Waals surface area contributed by atoms with Crippen LogP contribution in [0.1, 0.15) is 30.6 Å². The lowest BCUT2D eigenvalue weighted by Crippen LogP contribution is -2.18. The van der Waals surface area contributed by atoms with Crippen molar-refractivity contribution < 1.29 is 4.39 Å². The number of nitrogens with two attached hydrogens (primary N) is 1. The van der Waals surface area contributed by atoms with Crippen LogP contribution in [0, 0.1) is 5.82 Å². The Bertz CT molecular complexity index is 583. The van der Waals surface area contributed by atoms with Gasteiger partial charge in [0.2, 0.25) is 0 Å². The Morgan fingerprint density at radius 1 is 1.37 bits per heavy atom. The molecule has 0 amide bonds. The second-order valence-corrected chi connectivity index (χ2v) is 5.95. The summed E-state index contributed by atoms with van der Waals surface area (Å²) in [6.45, 7) is 2.85. The molecule has 0 aliphatic carbocycles. The maximum Gasteiger partial charge on any atom is 0.123 e. The van der Waals surface area contributed by atoms with E-state index in [4.69, 9.17) is 5.73 Å². The molecule has 6 heteroatoms. The van der Waals surface area contributed by atoms with Crippen molar-refractivity contribution in [1.82, 2.24) is 9.78 Å². The van der Waals surface area contributed by atoms with Crippen molar-refractivity contribution in [2.24, 2.45) is 5.73 Å². The molecular weight excluding hydrogens is 377 g/mol. The summed E-state index contributed by atoms with van der Waals surface area (Å²) in [5.41, 5.74) is 7.84. The third kappa shape index (κ3) is 3.07. The molecule has 2 rings (SSSR count). The highest BCUT2D eigenvalue weighted by atomic mass is 79.9. The van der Waals surface area contributed by atoms with Crippen molar-refractivity contribution in [3.63, 3.8) is 0 Å². The molecule has 0 aliphatic rings. The van der Waals surface area contributed by atoms with Crippen LogP contribution >= 0.6 is 31.9 Å². The van der Waals surface area contributed by atoms with E-state index in [1.807, 2.05) is 4.68 Å². The first-order valence-corrected chi connectivity index (χ1v) is 7.55. The standard InChI is InChI=1S/C13H14Br2FN3/c1-2-5-19-13(11(15)7-18-19)12(17)9-6-8(16)3-4-10(9)14/h3-4,6-7,12H,2,5,17H2,1H3. The van der Waals surface area contributed by atoms with Gasteiger partial charge in [0.1, 0.15) is 5.82 Å². The van der Waals surface area contributed by atoms with Gasteiger partial charge in [-0.25, -0.2) is 4.39 Å². The van der Waals surface area contributed by atoms with Gasteiger partial charge < -0.3 is 5.73 Å². The van der Waals surface area contributed by atoms with Crippen LogP contribution < -0.4 is 5.73 Å². The smallest absolute Gasteiger partial charge is 0.123 e. The fraction of sp³-hybridized carbons (Fsp3) is 0.308. The molecule has 0 radical (unpaired) electrons. The molecule has 0 spiro atoms. The SMILES string of the molecule is CCCn1ncc(Br)c1C(N)c1cc(F)ccc1Br. The van der Waals surface area contributed by atoms with Crippen LogP contribution in [0.3, 0.4) is 0 Å². The monoisotopic (exact) mass is 389 g/mol. The number of aromatic nitrogens is 2. The van der Waals surface area contributed by atoms with Crippen molar-refractivity contribution in [3.8, 4) is 0 Å². The van der Waals surface area contributed by atoms with Gasteiger partial charge in [-0.05, 0) is 46.1 Å². The molecule has 0 bridgehead atoms. The lowest BCUT2D eigenvalue weighted by atomic mass is 10.0. The molecule has 0 saturated heterocycles. The van der Waals surface area contributed by atoms with Gasteiger partial charge in [-0.3, -0.25) is 4.68 Å². The van der Waals surface area contributed by atoms with Crippen LogP contribution in [0.25, 0.3) is 0 Å². The second-order valence-electron chi connectivity index (χ2n) is 4.24. The summed E-state index contributed by atoms with van der Waals surface area (Å²) >= 11 is 6.87. The first-order valence-electron chi connectivity index (χ1n) is 5.96. The fourth-order valence-electron chi connectivity index (χ4n) is 1.97. The Morgan fingerprint density at radius 2 is 2.11 bits per heavy atom. The minimum Gasteiger partial charge on any atom is -0.319 e. The first kappa shape index (κ1) is 14.7. The van der Waals surface area contributed by atoms with E-state index < -0.39 is 6.04 Å². The van der Waals surface area contributed by atoms with Gasteiger partial charge >= 0.3 is 0 Å². The van der Waals surface area contributed by atoms with Crippen LogP contribution in [0.2, 0.25) is 0 Å². The highest BCUT2D eigenvalue weighted by Crippen LogP contribution is 2.31. The number of nitrogens with zero attached hydrogens (tertiary/aromatic N) is 2. The summed E-state index contributed by atoms with van der Waals surface area (Å²) in [7, 11) is 0. The highest BCUT2D eigenvalue weighted by molar-refractivity contribution is 9.10. The van der Waals surface area contributed by atoms with Gasteiger partial charge in [0.15, 0.2) is 0 Å². The van der Waals surface area contributed by atoms with E-state index in [-0.39, 0.29) is 5.82 Å². The Kier molecular flexibility index (Phi) is 4.76. The van der Waals surface area contributed by atoms with Crippen molar-refractivity contribution in [2.45, 2.75) is 25.9 Å². The molecule has 2 N–H and O–H groups in total. The van der Waals surface area contributed by atoms with Gasteiger partial charge in [-0.2, -0.15) is 5.10 Å². The predicted molar refractivity (Wildman–Crippen MR) is 80.3 cm³/mol. The molecule has 0 fully saturated rings. The molecule has 1 aromatic carbocycles. The Hall–Kier alpha value is -0.720. The van der Waals surface area contributed by atoms with Gasteiger partial charge in [0.05, 0.1) is 22.4 Å². The number of halogens is 3. The Morgan fingerprint density at radius 3 is 2.79 bits per heavy atom.